The second kappa shape index (κ2) is 6.53. The van der Waals surface area contributed by atoms with E-state index >= 15 is 0 Å². The zero-order valence-electron chi connectivity index (χ0n) is 14.7. The molecule has 0 atom stereocenters. The minimum absolute atomic E-state index is 0.0496. The van der Waals surface area contributed by atoms with Crippen molar-refractivity contribution in [1.29, 1.82) is 0 Å². The molecule has 1 amide bonds. The predicted octanol–water partition coefficient (Wildman–Crippen LogP) is 4.30. The van der Waals surface area contributed by atoms with Gasteiger partial charge in [0, 0.05) is 12.5 Å². The van der Waals surface area contributed by atoms with Crippen molar-refractivity contribution in [1.82, 2.24) is 15.1 Å². The van der Waals surface area contributed by atoms with Crippen LogP contribution in [0.25, 0.3) is 0 Å². The lowest BCUT2D eigenvalue weighted by molar-refractivity contribution is -0.142. The van der Waals surface area contributed by atoms with E-state index < -0.39 is 11.9 Å². The third kappa shape index (κ3) is 3.29. The normalized spacial score (nSPS) is 32.9. The minimum atomic E-state index is -4.50. The third-order valence-electron chi connectivity index (χ3n) is 6.51. The number of nitrogens with one attached hydrogen (secondary N) is 1. The molecule has 1 heterocycles. The molecular weight excluding hydrogens is 411 g/mol. The van der Waals surface area contributed by atoms with Crippen molar-refractivity contribution in [2.45, 2.75) is 64.2 Å². The molecule has 0 spiro atoms. The average Bonchev–Trinajstić information content (AvgIpc) is 2.84. The molecule has 0 radical (unpaired) electrons. The fourth-order valence-corrected chi connectivity index (χ4v) is 6.06. The number of aryl methyl sites for hydroxylation is 1. The quantitative estimate of drug-likeness (QED) is 0.768. The van der Waals surface area contributed by atoms with Crippen LogP contribution in [0.3, 0.4) is 0 Å². The molecule has 4 aliphatic rings. The van der Waals surface area contributed by atoms with Crippen LogP contribution >= 0.6 is 15.9 Å². The fraction of sp³-hybridized carbons (Fsp3) is 0.778. The summed E-state index contributed by atoms with van der Waals surface area (Å²) >= 11 is 2.96. The van der Waals surface area contributed by atoms with Crippen molar-refractivity contribution in [2.75, 3.05) is 0 Å². The number of amides is 1. The summed E-state index contributed by atoms with van der Waals surface area (Å²) in [6, 6.07) is 0.256. The first-order chi connectivity index (χ1) is 12.2. The van der Waals surface area contributed by atoms with Crippen LogP contribution in [0, 0.1) is 30.6 Å². The molecule has 1 aromatic heterocycles. The number of rotatable bonds is 4. The summed E-state index contributed by atoms with van der Waals surface area (Å²) < 4.78 is 40.0. The molecule has 0 saturated heterocycles. The summed E-state index contributed by atoms with van der Waals surface area (Å²) in [5.74, 6) is 2.79. The van der Waals surface area contributed by atoms with E-state index in [9.17, 15) is 18.0 Å². The number of hydrogen-bond donors (Lipinski definition) is 1. The Hall–Kier alpha value is -1.05. The Morgan fingerprint density at radius 2 is 1.77 bits per heavy atom. The van der Waals surface area contributed by atoms with Gasteiger partial charge in [0.2, 0.25) is 5.91 Å². The van der Waals surface area contributed by atoms with E-state index in [0.29, 0.717) is 17.5 Å². The Balaban J connectivity index is 1.36. The largest absolute Gasteiger partial charge is 0.436 e. The van der Waals surface area contributed by atoms with Crippen molar-refractivity contribution < 1.29 is 18.0 Å². The number of carbonyl (C=O) groups excluding carboxylic acids is 1. The molecule has 26 heavy (non-hydrogen) atoms. The number of carbonyl (C=O) groups is 1. The molecule has 144 valence electrons. The van der Waals surface area contributed by atoms with Gasteiger partial charge in [-0.1, -0.05) is 0 Å². The van der Waals surface area contributed by atoms with Gasteiger partial charge in [0.15, 0.2) is 5.69 Å². The Bertz CT molecular complexity index is 687. The monoisotopic (exact) mass is 433 g/mol. The van der Waals surface area contributed by atoms with Gasteiger partial charge < -0.3 is 5.32 Å². The lowest BCUT2D eigenvalue weighted by Crippen LogP contribution is -2.55. The summed E-state index contributed by atoms with van der Waals surface area (Å²) in [6.07, 6.45) is 1.89. The van der Waals surface area contributed by atoms with E-state index in [-0.39, 0.29) is 29.4 Å². The minimum Gasteiger partial charge on any atom is -0.353 e. The van der Waals surface area contributed by atoms with Gasteiger partial charge in [-0.25, -0.2) is 0 Å². The maximum atomic E-state index is 12.9. The van der Waals surface area contributed by atoms with Crippen LogP contribution in [0.5, 0.6) is 0 Å². The van der Waals surface area contributed by atoms with E-state index in [2.05, 4.69) is 26.3 Å². The lowest BCUT2D eigenvalue weighted by atomic mass is 9.54. The van der Waals surface area contributed by atoms with Crippen LogP contribution in [-0.2, 0) is 17.5 Å². The highest BCUT2D eigenvalue weighted by atomic mass is 79.9. The molecule has 0 aromatic carbocycles. The molecule has 1 N–H and O–H groups in total. The number of halogens is 4. The van der Waals surface area contributed by atoms with Crippen LogP contribution < -0.4 is 5.32 Å². The third-order valence-corrected chi connectivity index (χ3v) is 7.46. The number of hydrogen-bond acceptors (Lipinski definition) is 2. The van der Waals surface area contributed by atoms with Crippen LogP contribution in [-0.4, -0.2) is 21.7 Å². The molecule has 0 aliphatic heterocycles. The second-order valence-electron chi connectivity index (χ2n) is 8.24. The first-order valence-electron chi connectivity index (χ1n) is 9.31. The van der Waals surface area contributed by atoms with Gasteiger partial charge in [-0.05, 0) is 78.6 Å². The van der Waals surface area contributed by atoms with Crippen LogP contribution in [0.2, 0.25) is 0 Å². The fourth-order valence-electron chi connectivity index (χ4n) is 5.55. The van der Waals surface area contributed by atoms with Crippen molar-refractivity contribution in [2.24, 2.45) is 23.7 Å². The molecular formula is C18H23BrF3N3O. The maximum Gasteiger partial charge on any atom is 0.436 e. The van der Waals surface area contributed by atoms with E-state index in [4.69, 9.17) is 0 Å². The van der Waals surface area contributed by atoms with Gasteiger partial charge >= 0.3 is 6.18 Å². The van der Waals surface area contributed by atoms with Crippen molar-refractivity contribution in [3.05, 3.63) is 15.9 Å². The van der Waals surface area contributed by atoms with Gasteiger partial charge in [0.25, 0.3) is 0 Å². The Kier molecular flexibility index (Phi) is 4.60. The molecule has 4 aliphatic carbocycles. The average molecular weight is 434 g/mol. The number of aromatic nitrogens is 2. The topological polar surface area (TPSA) is 46.9 Å². The van der Waals surface area contributed by atoms with Gasteiger partial charge in [-0.15, -0.1) is 0 Å². The standard InChI is InChI=1S/C18H23BrF3N3O/c1-9-15(19)17(18(20,21)22)24-25(9)3-2-14(26)23-16-12-5-10-4-11(7-12)8-13(16)6-10/h10-13,16H,2-8H2,1H3,(H,23,26). The van der Waals surface area contributed by atoms with Crippen molar-refractivity contribution in [3.63, 3.8) is 0 Å². The number of nitrogens with zero attached hydrogens (tertiary/aromatic N) is 2. The highest BCUT2D eigenvalue weighted by molar-refractivity contribution is 9.10. The zero-order chi connectivity index (χ0) is 18.6. The zero-order valence-corrected chi connectivity index (χ0v) is 16.2. The summed E-state index contributed by atoms with van der Waals surface area (Å²) in [5, 5.41) is 6.83. The highest BCUT2D eigenvalue weighted by Gasteiger charge is 2.48. The van der Waals surface area contributed by atoms with E-state index in [1.807, 2.05) is 0 Å². The molecule has 4 fully saturated rings. The second-order valence-corrected chi connectivity index (χ2v) is 9.04. The first-order valence-corrected chi connectivity index (χ1v) is 10.1. The van der Waals surface area contributed by atoms with Gasteiger partial charge in [0.05, 0.1) is 16.7 Å². The van der Waals surface area contributed by atoms with E-state index in [0.717, 1.165) is 11.8 Å². The molecule has 4 saturated carbocycles. The Labute approximate surface area is 159 Å². The van der Waals surface area contributed by atoms with Gasteiger partial charge in [-0.3, -0.25) is 9.48 Å². The van der Waals surface area contributed by atoms with E-state index in [1.54, 1.807) is 6.92 Å². The number of alkyl halides is 3. The van der Waals surface area contributed by atoms with Crippen LogP contribution in [0.15, 0.2) is 4.47 Å². The smallest absolute Gasteiger partial charge is 0.353 e. The van der Waals surface area contributed by atoms with Crippen molar-refractivity contribution >= 4 is 21.8 Å². The maximum absolute atomic E-state index is 12.9. The summed E-state index contributed by atoms with van der Waals surface area (Å²) in [5.41, 5.74) is -0.545. The van der Waals surface area contributed by atoms with Gasteiger partial charge in [0.1, 0.15) is 0 Å². The van der Waals surface area contributed by atoms with Gasteiger partial charge in [-0.2, -0.15) is 18.3 Å². The van der Waals surface area contributed by atoms with Crippen LogP contribution in [0.1, 0.15) is 49.9 Å². The molecule has 0 unspecified atom stereocenters. The lowest BCUT2D eigenvalue weighted by Gasteiger charge is -2.54. The SMILES string of the molecule is Cc1c(Br)c(C(F)(F)F)nn1CCC(=O)NC1C2CC3CC(C2)CC1C3. The van der Waals surface area contributed by atoms with Crippen molar-refractivity contribution in [3.8, 4) is 0 Å². The molecule has 8 heteroatoms. The van der Waals surface area contributed by atoms with Crippen LogP contribution in [0.4, 0.5) is 13.2 Å². The first kappa shape index (κ1) is 18.3. The molecule has 4 bridgehead atoms. The molecule has 5 rings (SSSR count). The summed E-state index contributed by atoms with van der Waals surface area (Å²) in [4.78, 5) is 12.4. The molecule has 1 aromatic rings. The highest BCUT2D eigenvalue weighted by Crippen LogP contribution is 2.53. The Morgan fingerprint density at radius 3 is 2.27 bits per heavy atom. The Morgan fingerprint density at radius 1 is 1.19 bits per heavy atom. The molecule has 4 nitrogen and oxygen atoms in total. The summed E-state index contributed by atoms with van der Waals surface area (Å²) in [6.45, 7) is 1.72. The summed E-state index contributed by atoms with van der Waals surface area (Å²) in [7, 11) is 0. The van der Waals surface area contributed by atoms with E-state index in [1.165, 1.54) is 36.8 Å². The predicted molar refractivity (Wildman–Crippen MR) is 93.3 cm³/mol.